The molecule has 1 amide bonds. The lowest BCUT2D eigenvalue weighted by Crippen LogP contribution is -2.35. The second-order valence-electron chi connectivity index (χ2n) is 2.76. The summed E-state index contributed by atoms with van der Waals surface area (Å²) >= 11 is 0. The number of amides is 1. The molecule has 0 saturated heterocycles. The molecule has 0 bridgehead atoms. The Hall–Kier alpha value is -1.98. The second kappa shape index (κ2) is 3.41. The minimum Gasteiger partial charge on any atom is -0.389 e. The van der Waals surface area contributed by atoms with Crippen molar-refractivity contribution in [2.75, 3.05) is 13.7 Å². The topological polar surface area (TPSA) is 67.7 Å². The van der Waals surface area contributed by atoms with Crippen LogP contribution in [0.5, 0.6) is 0 Å². The van der Waals surface area contributed by atoms with Crippen molar-refractivity contribution in [3.63, 3.8) is 0 Å². The fourth-order valence-corrected chi connectivity index (χ4v) is 0.964. The van der Waals surface area contributed by atoms with Gasteiger partial charge in [0.15, 0.2) is 0 Å². The summed E-state index contributed by atoms with van der Waals surface area (Å²) in [5.74, 6) is 0.223. The standard InChI is InChI=1S/C8H8N4O2/c1-12-5-11-7(14-8(12)13)6-4-9-2-3-10-6/h2-4H,5H2,1H3. The average Bonchev–Trinajstić information content (AvgIpc) is 2.23. The zero-order chi connectivity index (χ0) is 9.97. The molecule has 1 aromatic heterocycles. The SMILES string of the molecule is CN1CN=C(c2cnccn2)OC1=O. The second-order valence-corrected chi connectivity index (χ2v) is 2.76. The smallest absolute Gasteiger partial charge is 0.389 e. The molecule has 6 heteroatoms. The van der Waals surface area contributed by atoms with Gasteiger partial charge in [0, 0.05) is 19.4 Å². The number of nitrogens with zero attached hydrogens (tertiary/aromatic N) is 4. The number of ether oxygens (including phenoxy) is 1. The Kier molecular flexibility index (Phi) is 2.10. The Morgan fingerprint density at radius 3 is 3.00 bits per heavy atom. The number of carbonyl (C=O) groups excluding carboxylic acids is 1. The molecule has 0 unspecified atom stereocenters. The third-order valence-corrected chi connectivity index (χ3v) is 1.70. The number of rotatable bonds is 1. The molecule has 1 aliphatic rings. The van der Waals surface area contributed by atoms with Crippen LogP contribution in [0, 0.1) is 0 Å². The first-order valence-corrected chi connectivity index (χ1v) is 4.01. The number of aromatic nitrogens is 2. The van der Waals surface area contributed by atoms with E-state index in [1.165, 1.54) is 17.3 Å². The van der Waals surface area contributed by atoms with Crippen LogP contribution in [-0.4, -0.2) is 40.6 Å². The minimum atomic E-state index is -0.430. The Balaban J connectivity index is 2.25. The number of carbonyl (C=O) groups is 1. The van der Waals surface area contributed by atoms with Gasteiger partial charge in [-0.2, -0.15) is 0 Å². The monoisotopic (exact) mass is 192 g/mol. The van der Waals surface area contributed by atoms with Crippen LogP contribution in [0.1, 0.15) is 5.69 Å². The van der Waals surface area contributed by atoms with Crippen molar-refractivity contribution >= 4 is 12.0 Å². The maximum absolute atomic E-state index is 11.2. The largest absolute Gasteiger partial charge is 0.417 e. The van der Waals surface area contributed by atoms with Crippen molar-refractivity contribution in [2.45, 2.75) is 0 Å². The van der Waals surface area contributed by atoms with Gasteiger partial charge in [0.05, 0.1) is 6.20 Å². The minimum absolute atomic E-state index is 0.223. The highest BCUT2D eigenvalue weighted by molar-refractivity contribution is 5.99. The molecule has 0 atom stereocenters. The van der Waals surface area contributed by atoms with E-state index in [0.29, 0.717) is 5.69 Å². The van der Waals surface area contributed by atoms with Crippen molar-refractivity contribution < 1.29 is 9.53 Å². The fraction of sp³-hybridized carbons (Fsp3) is 0.250. The van der Waals surface area contributed by atoms with Gasteiger partial charge >= 0.3 is 6.09 Å². The summed E-state index contributed by atoms with van der Waals surface area (Å²) in [6, 6.07) is 0. The van der Waals surface area contributed by atoms with Gasteiger partial charge in [0.25, 0.3) is 0 Å². The van der Waals surface area contributed by atoms with E-state index in [2.05, 4.69) is 15.0 Å². The predicted molar refractivity (Wildman–Crippen MR) is 47.7 cm³/mol. The predicted octanol–water partition coefficient (Wildman–Crippen LogP) is 0.263. The van der Waals surface area contributed by atoms with Crippen LogP contribution in [0.4, 0.5) is 4.79 Å². The molecule has 1 aliphatic heterocycles. The van der Waals surface area contributed by atoms with E-state index in [4.69, 9.17) is 4.74 Å². The molecule has 0 spiro atoms. The molecule has 1 aromatic rings. The molecule has 0 radical (unpaired) electrons. The van der Waals surface area contributed by atoms with Crippen LogP contribution in [0.2, 0.25) is 0 Å². The molecular formula is C8H8N4O2. The van der Waals surface area contributed by atoms with Crippen LogP contribution < -0.4 is 0 Å². The lowest BCUT2D eigenvalue weighted by molar-refractivity contribution is 0.152. The molecule has 0 fully saturated rings. The summed E-state index contributed by atoms with van der Waals surface area (Å²) in [5, 5.41) is 0. The number of hydrogen-bond acceptors (Lipinski definition) is 5. The van der Waals surface area contributed by atoms with E-state index >= 15 is 0 Å². The fourth-order valence-electron chi connectivity index (χ4n) is 0.964. The first-order valence-electron chi connectivity index (χ1n) is 4.01. The van der Waals surface area contributed by atoms with E-state index in [0.717, 1.165) is 0 Å². The zero-order valence-corrected chi connectivity index (χ0v) is 7.54. The summed E-state index contributed by atoms with van der Waals surface area (Å²) in [6.07, 6.45) is 4.13. The molecule has 0 saturated carbocycles. The van der Waals surface area contributed by atoms with Crippen LogP contribution in [0.25, 0.3) is 0 Å². The van der Waals surface area contributed by atoms with Crippen molar-refractivity contribution in [1.29, 1.82) is 0 Å². The summed E-state index contributed by atoms with van der Waals surface area (Å²) in [6.45, 7) is 0.282. The Bertz CT molecular complexity index is 376. The summed E-state index contributed by atoms with van der Waals surface area (Å²) in [5.41, 5.74) is 0.467. The van der Waals surface area contributed by atoms with Gasteiger partial charge < -0.3 is 4.74 Å². The van der Waals surface area contributed by atoms with Gasteiger partial charge in [-0.25, -0.2) is 14.8 Å². The van der Waals surface area contributed by atoms with Gasteiger partial charge in [-0.3, -0.25) is 9.88 Å². The number of cyclic esters (lactones) is 1. The van der Waals surface area contributed by atoms with Gasteiger partial charge in [-0.05, 0) is 0 Å². The first kappa shape index (κ1) is 8.61. The number of aliphatic imine (C=N–C) groups is 1. The molecule has 72 valence electrons. The van der Waals surface area contributed by atoms with Gasteiger partial charge in [0.2, 0.25) is 5.90 Å². The van der Waals surface area contributed by atoms with Crippen molar-refractivity contribution in [3.05, 3.63) is 24.3 Å². The Morgan fingerprint density at radius 1 is 1.50 bits per heavy atom. The Labute approximate surface area is 80.3 Å². The lowest BCUT2D eigenvalue weighted by atomic mass is 10.4. The summed E-state index contributed by atoms with van der Waals surface area (Å²) < 4.78 is 4.92. The van der Waals surface area contributed by atoms with E-state index in [-0.39, 0.29) is 12.6 Å². The van der Waals surface area contributed by atoms with Crippen molar-refractivity contribution in [3.8, 4) is 0 Å². The van der Waals surface area contributed by atoms with Gasteiger partial charge in [0.1, 0.15) is 12.4 Å². The quantitative estimate of drug-likeness (QED) is 0.640. The molecule has 0 aliphatic carbocycles. The third-order valence-electron chi connectivity index (χ3n) is 1.70. The maximum Gasteiger partial charge on any atom is 0.417 e. The first-order chi connectivity index (χ1) is 6.77. The maximum atomic E-state index is 11.2. The van der Waals surface area contributed by atoms with Gasteiger partial charge in [-0.15, -0.1) is 0 Å². The molecule has 6 nitrogen and oxygen atoms in total. The van der Waals surface area contributed by atoms with E-state index < -0.39 is 6.09 Å². The van der Waals surface area contributed by atoms with Crippen LogP contribution >= 0.6 is 0 Å². The van der Waals surface area contributed by atoms with Crippen molar-refractivity contribution in [2.24, 2.45) is 4.99 Å². The van der Waals surface area contributed by atoms with Crippen molar-refractivity contribution in [1.82, 2.24) is 14.9 Å². The third kappa shape index (κ3) is 1.54. The molecular weight excluding hydrogens is 184 g/mol. The van der Waals surface area contributed by atoms with E-state index in [1.807, 2.05) is 0 Å². The van der Waals surface area contributed by atoms with E-state index in [9.17, 15) is 4.79 Å². The average molecular weight is 192 g/mol. The molecule has 2 rings (SSSR count). The molecule has 2 heterocycles. The Morgan fingerprint density at radius 2 is 2.36 bits per heavy atom. The van der Waals surface area contributed by atoms with Crippen LogP contribution in [0.3, 0.4) is 0 Å². The normalized spacial score (nSPS) is 16.2. The molecule has 14 heavy (non-hydrogen) atoms. The van der Waals surface area contributed by atoms with Crippen LogP contribution in [0.15, 0.2) is 23.6 Å². The molecule has 0 aromatic carbocycles. The highest BCUT2D eigenvalue weighted by atomic mass is 16.6. The summed E-state index contributed by atoms with van der Waals surface area (Å²) in [7, 11) is 1.61. The number of hydrogen-bond donors (Lipinski definition) is 0. The zero-order valence-electron chi connectivity index (χ0n) is 7.54. The summed E-state index contributed by atoms with van der Waals surface area (Å²) in [4.78, 5) is 24.4. The van der Waals surface area contributed by atoms with Gasteiger partial charge in [-0.1, -0.05) is 0 Å². The van der Waals surface area contributed by atoms with E-state index in [1.54, 1.807) is 13.2 Å². The van der Waals surface area contributed by atoms with Crippen LogP contribution in [-0.2, 0) is 4.74 Å². The highest BCUT2D eigenvalue weighted by Gasteiger charge is 2.20. The highest BCUT2D eigenvalue weighted by Crippen LogP contribution is 2.05. The molecule has 0 N–H and O–H groups in total. The lowest BCUT2D eigenvalue weighted by Gasteiger charge is -2.19.